The number of aromatic hydroxyl groups is 1. The van der Waals surface area contributed by atoms with Gasteiger partial charge in [0.1, 0.15) is 5.75 Å². The van der Waals surface area contributed by atoms with Crippen LogP contribution in [0, 0.1) is 11.8 Å². The zero-order chi connectivity index (χ0) is 8.97. The van der Waals surface area contributed by atoms with Gasteiger partial charge in [-0.25, -0.2) is 4.79 Å². The number of hydrogen-bond acceptors (Lipinski definition) is 2. The van der Waals surface area contributed by atoms with E-state index in [1.54, 1.807) is 12.1 Å². The van der Waals surface area contributed by atoms with Crippen molar-refractivity contribution < 1.29 is 15.0 Å². The zero-order valence-corrected chi connectivity index (χ0v) is 7.11. The normalized spacial score (nSPS) is 7.69. The Labute approximate surface area is 87.6 Å². The van der Waals surface area contributed by atoms with Crippen LogP contribution in [-0.2, 0) is 4.79 Å². The van der Waals surface area contributed by atoms with E-state index in [4.69, 9.17) is 10.2 Å². The minimum absolute atomic E-state index is 0. The predicted molar refractivity (Wildman–Crippen MR) is 48.4 cm³/mol. The first-order valence-electron chi connectivity index (χ1n) is 3.22. The van der Waals surface area contributed by atoms with Crippen molar-refractivity contribution >= 4 is 24.8 Å². The summed E-state index contributed by atoms with van der Waals surface area (Å²) in [4.78, 5) is 10.0. The Kier molecular flexibility index (Phi) is 4.77. The molecule has 1 radical (unpaired) electrons. The molecular formula is C9H6LiO3. The number of carbonyl (C=O) groups is 1. The van der Waals surface area contributed by atoms with Gasteiger partial charge in [-0.05, 0) is 24.3 Å². The van der Waals surface area contributed by atoms with Gasteiger partial charge >= 0.3 is 5.97 Å². The van der Waals surface area contributed by atoms with Gasteiger partial charge in [0.15, 0.2) is 0 Å². The second kappa shape index (κ2) is 5.32. The predicted octanol–water partition coefficient (Wildman–Crippen LogP) is 0.448. The van der Waals surface area contributed by atoms with Crippen LogP contribution in [0.15, 0.2) is 24.3 Å². The fourth-order valence-electron chi connectivity index (χ4n) is 0.670. The molecule has 2 N–H and O–H groups in total. The van der Waals surface area contributed by atoms with E-state index in [1.165, 1.54) is 12.1 Å². The Balaban J connectivity index is 0.00000144. The summed E-state index contributed by atoms with van der Waals surface area (Å²) in [5, 5.41) is 17.1. The maximum Gasteiger partial charge on any atom is 0.382 e. The zero-order valence-electron chi connectivity index (χ0n) is 7.11. The van der Waals surface area contributed by atoms with Crippen LogP contribution in [0.2, 0.25) is 0 Å². The van der Waals surface area contributed by atoms with Gasteiger partial charge in [0.2, 0.25) is 0 Å². The molecule has 0 fully saturated rings. The van der Waals surface area contributed by atoms with E-state index in [2.05, 4.69) is 5.92 Å². The fraction of sp³-hybridized carbons (Fsp3) is 0. The third kappa shape index (κ3) is 4.27. The first-order valence-corrected chi connectivity index (χ1v) is 3.22. The summed E-state index contributed by atoms with van der Waals surface area (Å²) in [6, 6.07) is 5.99. The van der Waals surface area contributed by atoms with Gasteiger partial charge in [0.05, 0.1) is 0 Å². The summed E-state index contributed by atoms with van der Waals surface area (Å²) in [6.07, 6.45) is 0. The molecular weight excluding hydrogens is 163 g/mol. The molecule has 0 amide bonds. The van der Waals surface area contributed by atoms with E-state index in [0.29, 0.717) is 5.56 Å². The molecule has 0 aliphatic carbocycles. The Hall–Kier alpha value is -1.35. The van der Waals surface area contributed by atoms with E-state index in [0.717, 1.165) is 0 Å². The van der Waals surface area contributed by atoms with Crippen molar-refractivity contribution in [3.8, 4) is 17.6 Å². The standard InChI is InChI=1S/C9H6O3.Li/c10-8-4-1-7(2-5-8)3-6-9(11)12;/h1-2,4-5,10H,(H,11,12);. The van der Waals surface area contributed by atoms with E-state index in [9.17, 15) is 4.79 Å². The van der Waals surface area contributed by atoms with Gasteiger partial charge in [-0.15, -0.1) is 0 Å². The van der Waals surface area contributed by atoms with Crippen molar-refractivity contribution in [2.45, 2.75) is 0 Å². The van der Waals surface area contributed by atoms with Crippen LogP contribution in [0.3, 0.4) is 0 Å². The van der Waals surface area contributed by atoms with Gasteiger partial charge in [-0.2, -0.15) is 0 Å². The number of rotatable bonds is 0. The second-order valence-electron chi connectivity index (χ2n) is 2.10. The van der Waals surface area contributed by atoms with Crippen molar-refractivity contribution in [1.82, 2.24) is 0 Å². The molecule has 0 aliphatic rings. The minimum atomic E-state index is -1.16. The summed E-state index contributed by atoms with van der Waals surface area (Å²) in [5.74, 6) is 3.35. The average Bonchev–Trinajstić information content (AvgIpc) is 2.03. The van der Waals surface area contributed by atoms with E-state index < -0.39 is 5.97 Å². The van der Waals surface area contributed by atoms with Crippen LogP contribution >= 0.6 is 0 Å². The first kappa shape index (κ1) is 11.6. The number of hydrogen-bond donors (Lipinski definition) is 2. The van der Waals surface area contributed by atoms with Crippen molar-refractivity contribution in [1.29, 1.82) is 0 Å². The topological polar surface area (TPSA) is 57.5 Å². The van der Waals surface area contributed by atoms with Gasteiger partial charge in [0, 0.05) is 30.3 Å². The van der Waals surface area contributed by atoms with E-state index in [-0.39, 0.29) is 24.6 Å². The van der Waals surface area contributed by atoms with Crippen LogP contribution in [-0.4, -0.2) is 35.0 Å². The molecule has 1 aromatic carbocycles. The molecule has 0 heterocycles. The third-order valence-corrected chi connectivity index (χ3v) is 1.18. The maximum atomic E-state index is 10.0. The van der Waals surface area contributed by atoms with Crippen molar-refractivity contribution in [3.05, 3.63) is 29.8 Å². The van der Waals surface area contributed by atoms with E-state index >= 15 is 0 Å². The minimum Gasteiger partial charge on any atom is -0.508 e. The van der Waals surface area contributed by atoms with Crippen LogP contribution in [0.5, 0.6) is 5.75 Å². The monoisotopic (exact) mass is 169 g/mol. The number of carboxylic acid groups (broad SMARTS) is 1. The smallest absolute Gasteiger partial charge is 0.382 e. The van der Waals surface area contributed by atoms with Crippen molar-refractivity contribution in [3.63, 3.8) is 0 Å². The molecule has 0 saturated carbocycles. The van der Waals surface area contributed by atoms with Crippen molar-refractivity contribution in [2.75, 3.05) is 0 Å². The molecule has 0 spiro atoms. The van der Waals surface area contributed by atoms with Crippen LogP contribution in [0.1, 0.15) is 5.56 Å². The Bertz CT molecular complexity index is 345. The largest absolute Gasteiger partial charge is 0.508 e. The Morgan fingerprint density at radius 2 is 1.77 bits per heavy atom. The summed E-state index contributed by atoms with van der Waals surface area (Å²) < 4.78 is 0. The SMILES string of the molecule is O=C(O)C#Cc1ccc(O)cc1.[Li]. The van der Waals surface area contributed by atoms with E-state index in [1.807, 2.05) is 5.92 Å². The number of phenolic OH excluding ortho intramolecular Hbond substituents is 1. The summed E-state index contributed by atoms with van der Waals surface area (Å²) in [5.41, 5.74) is 0.565. The Morgan fingerprint density at radius 3 is 2.23 bits per heavy atom. The molecule has 0 atom stereocenters. The van der Waals surface area contributed by atoms with Crippen LogP contribution in [0.25, 0.3) is 0 Å². The second-order valence-corrected chi connectivity index (χ2v) is 2.10. The molecule has 4 heteroatoms. The van der Waals surface area contributed by atoms with Gasteiger partial charge < -0.3 is 10.2 Å². The number of aliphatic carboxylic acids is 1. The molecule has 0 aromatic heterocycles. The molecule has 3 nitrogen and oxygen atoms in total. The number of phenols is 1. The molecule has 1 rings (SSSR count). The molecule has 61 valence electrons. The average molecular weight is 169 g/mol. The number of benzene rings is 1. The van der Waals surface area contributed by atoms with Gasteiger partial charge in [-0.3, -0.25) is 0 Å². The number of carboxylic acids is 1. The van der Waals surface area contributed by atoms with Gasteiger partial charge in [-0.1, -0.05) is 5.92 Å². The molecule has 0 bridgehead atoms. The molecule has 13 heavy (non-hydrogen) atoms. The molecule has 0 saturated heterocycles. The fourth-order valence-corrected chi connectivity index (χ4v) is 0.670. The van der Waals surface area contributed by atoms with Crippen LogP contribution in [0.4, 0.5) is 0 Å². The molecule has 0 aliphatic heterocycles. The summed E-state index contributed by atoms with van der Waals surface area (Å²) in [7, 11) is 0. The van der Waals surface area contributed by atoms with Crippen molar-refractivity contribution in [2.24, 2.45) is 0 Å². The van der Waals surface area contributed by atoms with Crippen LogP contribution < -0.4 is 0 Å². The molecule has 1 aromatic rings. The summed E-state index contributed by atoms with van der Waals surface area (Å²) in [6.45, 7) is 0. The molecule has 0 unspecified atom stereocenters. The maximum absolute atomic E-state index is 10.0. The first-order chi connectivity index (χ1) is 5.68. The summed E-state index contributed by atoms with van der Waals surface area (Å²) >= 11 is 0. The Morgan fingerprint density at radius 1 is 1.23 bits per heavy atom. The third-order valence-electron chi connectivity index (χ3n) is 1.18. The van der Waals surface area contributed by atoms with Gasteiger partial charge in [0.25, 0.3) is 0 Å². The quantitative estimate of drug-likeness (QED) is 0.437.